The van der Waals surface area contributed by atoms with Crippen LogP contribution in [0.5, 0.6) is 0 Å². The van der Waals surface area contributed by atoms with Gasteiger partial charge in [0, 0.05) is 19.4 Å². The van der Waals surface area contributed by atoms with Crippen LogP contribution in [-0.4, -0.2) is 49.3 Å². The summed E-state index contributed by atoms with van der Waals surface area (Å²) < 4.78 is 33.2. The number of phosphoric acid groups is 1. The average Bonchev–Trinajstić information content (AvgIpc) is 3.60. The summed E-state index contributed by atoms with van der Waals surface area (Å²) in [5.41, 5.74) is 5.41. The highest BCUT2D eigenvalue weighted by Gasteiger charge is 2.26. The Labute approximate surface area is 536 Å². The van der Waals surface area contributed by atoms with Crippen LogP contribution in [0, 0.1) is 0 Å². The number of hydrogen-bond donors (Lipinski definition) is 2. The van der Waals surface area contributed by atoms with Gasteiger partial charge in [-0.2, -0.15) is 0 Å². The SMILES string of the molecule is CCCCCCCCCC/C=C\CCCCCCCCCCCCCCCCCC(=O)OC(COC(=O)CCCCCCCCCCCCCCCCCCCCCCCCCCCCCCCCCCCCCCCC)COP(=O)(O)OCCN. The molecule has 0 aliphatic heterocycles. The maximum atomic E-state index is 12.8. The Morgan fingerprint density at radius 2 is 0.570 bits per heavy atom. The van der Waals surface area contributed by atoms with Crippen LogP contribution in [0.1, 0.15) is 431 Å². The van der Waals surface area contributed by atoms with E-state index >= 15 is 0 Å². The molecule has 0 saturated carbocycles. The lowest BCUT2D eigenvalue weighted by Gasteiger charge is -2.19. The summed E-state index contributed by atoms with van der Waals surface area (Å²) in [4.78, 5) is 35.4. The number of rotatable bonds is 75. The number of carbonyl (C=O) groups is 2. The Morgan fingerprint density at radius 3 is 0.826 bits per heavy atom. The van der Waals surface area contributed by atoms with Crippen molar-refractivity contribution in [2.45, 2.75) is 437 Å². The van der Waals surface area contributed by atoms with Crippen LogP contribution in [-0.2, 0) is 32.7 Å². The lowest BCUT2D eigenvalue weighted by molar-refractivity contribution is -0.161. The molecule has 0 bridgehead atoms. The molecule has 0 rings (SSSR count). The molecule has 3 N–H and O–H groups in total. The number of esters is 2. The molecule has 2 atom stereocenters. The predicted molar refractivity (Wildman–Crippen MR) is 372 cm³/mol. The third-order valence-corrected chi connectivity index (χ3v) is 18.9. The smallest absolute Gasteiger partial charge is 0.462 e. The van der Waals surface area contributed by atoms with Gasteiger partial charge in [0.2, 0.25) is 0 Å². The van der Waals surface area contributed by atoms with Crippen molar-refractivity contribution in [1.82, 2.24) is 0 Å². The fourth-order valence-corrected chi connectivity index (χ4v) is 12.9. The summed E-state index contributed by atoms with van der Waals surface area (Å²) in [6, 6.07) is 0. The number of hydrogen-bond acceptors (Lipinski definition) is 8. The molecule has 9 nitrogen and oxygen atoms in total. The second-order valence-corrected chi connectivity index (χ2v) is 28.0. The Hall–Kier alpha value is -1.25. The van der Waals surface area contributed by atoms with Gasteiger partial charge < -0.3 is 20.1 Å². The summed E-state index contributed by atoms with van der Waals surface area (Å²) in [7, 11) is -4.39. The van der Waals surface area contributed by atoms with Gasteiger partial charge in [0.05, 0.1) is 13.2 Å². The number of allylic oxidation sites excluding steroid dienone is 2. The molecule has 0 radical (unpaired) electrons. The Balaban J connectivity index is 3.73. The molecule has 2 unspecified atom stereocenters. The van der Waals surface area contributed by atoms with E-state index in [2.05, 4.69) is 26.0 Å². The zero-order chi connectivity index (χ0) is 62.3. The monoisotopic (exact) mass is 1240 g/mol. The highest BCUT2D eigenvalue weighted by atomic mass is 31.2. The molecule has 0 aromatic heterocycles. The fourth-order valence-electron chi connectivity index (χ4n) is 12.2. The molecule has 0 spiro atoms. The van der Waals surface area contributed by atoms with Crippen molar-refractivity contribution in [3.63, 3.8) is 0 Å². The van der Waals surface area contributed by atoms with E-state index in [0.29, 0.717) is 6.42 Å². The van der Waals surface area contributed by atoms with E-state index in [0.717, 1.165) is 32.1 Å². The van der Waals surface area contributed by atoms with Gasteiger partial charge in [-0.15, -0.1) is 0 Å². The number of nitrogens with two attached hydrogens (primary N) is 1. The van der Waals surface area contributed by atoms with Crippen LogP contribution in [0.2, 0.25) is 0 Å². The molecular formula is C76H150NO8P. The first-order chi connectivity index (χ1) is 42.3. The van der Waals surface area contributed by atoms with Crippen molar-refractivity contribution in [2.75, 3.05) is 26.4 Å². The quantitative estimate of drug-likeness (QED) is 0.0264. The van der Waals surface area contributed by atoms with Crippen LogP contribution in [0.15, 0.2) is 12.2 Å². The van der Waals surface area contributed by atoms with Gasteiger partial charge in [-0.25, -0.2) is 4.57 Å². The number of unbranched alkanes of at least 4 members (excludes halogenated alkanes) is 60. The summed E-state index contributed by atoms with van der Waals surface area (Å²) in [6.07, 6.45) is 89.3. The van der Waals surface area contributed by atoms with Gasteiger partial charge >= 0.3 is 19.8 Å². The van der Waals surface area contributed by atoms with Gasteiger partial charge in [-0.1, -0.05) is 392 Å². The van der Waals surface area contributed by atoms with Crippen LogP contribution in [0.25, 0.3) is 0 Å². The van der Waals surface area contributed by atoms with Crippen molar-refractivity contribution >= 4 is 19.8 Å². The molecule has 0 heterocycles. The first-order valence-electron chi connectivity index (χ1n) is 38.7. The normalized spacial score (nSPS) is 12.8. The topological polar surface area (TPSA) is 134 Å². The fraction of sp³-hybridized carbons (Fsp3) is 0.947. The zero-order valence-electron chi connectivity index (χ0n) is 57.9. The third kappa shape index (κ3) is 71.8. The van der Waals surface area contributed by atoms with Gasteiger partial charge in [-0.3, -0.25) is 18.6 Å². The van der Waals surface area contributed by atoms with Crippen molar-refractivity contribution in [2.24, 2.45) is 5.73 Å². The standard InChI is InChI=1S/C76H150NO8P/c1-3-5-7-9-11-13-15-17-19-21-23-25-27-29-31-32-33-34-35-36-37-38-39-40-41-43-44-46-48-50-52-54-56-58-60-62-64-66-68-75(78)82-72-74(73-84-86(80,81)83-71-70-77)85-76(79)69-67-65-63-61-59-57-55-53-51-49-47-45-42-30-28-26-24-22-20-18-16-14-12-10-8-6-4-2/h22,24,74H,3-21,23,25-73,77H2,1-2H3,(H,80,81)/b24-22-. The predicted octanol–water partition coefficient (Wildman–Crippen LogP) is 25.5. The molecule has 0 aliphatic rings. The lowest BCUT2D eigenvalue weighted by Crippen LogP contribution is -2.29. The van der Waals surface area contributed by atoms with E-state index in [1.165, 1.54) is 366 Å². The third-order valence-electron chi connectivity index (χ3n) is 17.9. The largest absolute Gasteiger partial charge is 0.472 e. The van der Waals surface area contributed by atoms with Crippen LogP contribution < -0.4 is 5.73 Å². The van der Waals surface area contributed by atoms with E-state index in [1.54, 1.807) is 0 Å². The number of carbonyl (C=O) groups excluding carboxylic acids is 2. The molecular weight excluding hydrogens is 1090 g/mol. The lowest BCUT2D eigenvalue weighted by atomic mass is 10.0. The Morgan fingerprint density at radius 1 is 0.337 bits per heavy atom. The molecule has 10 heteroatoms. The second kappa shape index (κ2) is 72.8. The molecule has 512 valence electrons. The van der Waals surface area contributed by atoms with Gasteiger partial charge in [0.15, 0.2) is 6.10 Å². The van der Waals surface area contributed by atoms with Crippen molar-refractivity contribution in [1.29, 1.82) is 0 Å². The molecule has 0 aromatic rings. The van der Waals surface area contributed by atoms with E-state index in [9.17, 15) is 19.0 Å². The van der Waals surface area contributed by atoms with E-state index in [-0.39, 0.29) is 38.6 Å². The molecule has 0 aromatic carbocycles. The summed E-state index contributed by atoms with van der Waals surface area (Å²) in [5, 5.41) is 0. The summed E-state index contributed by atoms with van der Waals surface area (Å²) in [5.74, 6) is -0.799. The van der Waals surface area contributed by atoms with Gasteiger partial charge in [-0.05, 0) is 38.5 Å². The van der Waals surface area contributed by atoms with Crippen LogP contribution in [0.3, 0.4) is 0 Å². The van der Waals surface area contributed by atoms with Crippen LogP contribution >= 0.6 is 7.82 Å². The zero-order valence-corrected chi connectivity index (χ0v) is 58.7. The van der Waals surface area contributed by atoms with E-state index < -0.39 is 26.5 Å². The minimum Gasteiger partial charge on any atom is -0.462 e. The molecule has 0 aliphatic carbocycles. The highest BCUT2D eigenvalue weighted by molar-refractivity contribution is 7.47. The second-order valence-electron chi connectivity index (χ2n) is 26.6. The minimum absolute atomic E-state index is 0.0576. The van der Waals surface area contributed by atoms with Gasteiger partial charge in [0.25, 0.3) is 0 Å². The maximum absolute atomic E-state index is 12.8. The average molecular weight is 1240 g/mol. The minimum atomic E-state index is -4.39. The highest BCUT2D eigenvalue weighted by Crippen LogP contribution is 2.43. The molecule has 0 amide bonds. The molecule has 0 fully saturated rings. The first kappa shape index (κ1) is 84.8. The maximum Gasteiger partial charge on any atom is 0.472 e. The molecule has 0 saturated heterocycles. The Kier molecular flexibility index (Phi) is 71.8. The van der Waals surface area contributed by atoms with Crippen molar-refractivity contribution in [3.8, 4) is 0 Å². The van der Waals surface area contributed by atoms with Crippen LogP contribution in [0.4, 0.5) is 0 Å². The van der Waals surface area contributed by atoms with E-state index in [1.807, 2.05) is 0 Å². The van der Waals surface area contributed by atoms with Crippen molar-refractivity contribution < 1.29 is 37.6 Å². The summed E-state index contributed by atoms with van der Waals surface area (Å²) in [6.45, 7) is 3.84. The first-order valence-corrected chi connectivity index (χ1v) is 40.2. The van der Waals surface area contributed by atoms with Crippen molar-refractivity contribution in [3.05, 3.63) is 12.2 Å². The number of phosphoric ester groups is 1. The summed E-state index contributed by atoms with van der Waals surface area (Å²) >= 11 is 0. The van der Waals surface area contributed by atoms with Gasteiger partial charge in [0.1, 0.15) is 6.61 Å². The van der Waals surface area contributed by atoms with E-state index in [4.69, 9.17) is 24.3 Å². The number of ether oxygens (including phenoxy) is 2. The Bertz CT molecular complexity index is 1410. The molecule has 86 heavy (non-hydrogen) atoms.